The molecule has 0 atom stereocenters. The number of aromatic amines is 1. The van der Waals surface area contributed by atoms with E-state index < -0.39 is 0 Å². The number of halogens is 1. The summed E-state index contributed by atoms with van der Waals surface area (Å²) in [5.41, 5.74) is 2.84. The number of aromatic nitrogens is 2. The van der Waals surface area contributed by atoms with Crippen molar-refractivity contribution in [2.75, 3.05) is 5.88 Å². The normalized spacial score (nSPS) is 9.62. The van der Waals surface area contributed by atoms with Crippen molar-refractivity contribution < 1.29 is 0 Å². The second-order valence-corrected chi connectivity index (χ2v) is 2.84. The van der Waals surface area contributed by atoms with E-state index in [4.69, 9.17) is 11.6 Å². The van der Waals surface area contributed by atoms with E-state index in [1.54, 1.807) is 6.20 Å². The van der Waals surface area contributed by atoms with Crippen LogP contribution in [0.25, 0.3) is 11.0 Å². The van der Waals surface area contributed by atoms with Crippen molar-refractivity contribution in [2.24, 2.45) is 0 Å². The van der Waals surface area contributed by atoms with Gasteiger partial charge in [-0.1, -0.05) is 11.8 Å². The molecule has 13 heavy (non-hydrogen) atoms. The highest BCUT2D eigenvalue weighted by Crippen LogP contribution is 2.09. The first-order chi connectivity index (χ1) is 6.40. The van der Waals surface area contributed by atoms with E-state index in [2.05, 4.69) is 21.8 Å². The Morgan fingerprint density at radius 2 is 2.46 bits per heavy atom. The van der Waals surface area contributed by atoms with E-state index in [-0.39, 0.29) is 0 Å². The zero-order valence-electron chi connectivity index (χ0n) is 6.84. The van der Waals surface area contributed by atoms with E-state index in [0.29, 0.717) is 5.88 Å². The van der Waals surface area contributed by atoms with Crippen LogP contribution in [0.1, 0.15) is 5.56 Å². The molecule has 3 heteroatoms. The molecule has 2 aromatic heterocycles. The van der Waals surface area contributed by atoms with Crippen molar-refractivity contribution in [3.05, 3.63) is 30.1 Å². The van der Waals surface area contributed by atoms with Crippen LogP contribution in [0, 0.1) is 11.8 Å². The number of hydrogen-bond donors (Lipinski definition) is 1. The number of pyridine rings is 1. The maximum absolute atomic E-state index is 5.45. The van der Waals surface area contributed by atoms with Crippen molar-refractivity contribution in [1.29, 1.82) is 0 Å². The molecule has 0 aliphatic heterocycles. The highest BCUT2D eigenvalue weighted by atomic mass is 35.5. The van der Waals surface area contributed by atoms with Crippen LogP contribution < -0.4 is 0 Å². The number of nitrogens with one attached hydrogen (secondary N) is 1. The minimum atomic E-state index is 0.350. The first-order valence-corrected chi connectivity index (χ1v) is 4.41. The van der Waals surface area contributed by atoms with Crippen LogP contribution >= 0.6 is 11.6 Å². The summed E-state index contributed by atoms with van der Waals surface area (Å²) in [5, 5.41) is 0. The Morgan fingerprint density at radius 1 is 1.54 bits per heavy atom. The third kappa shape index (κ3) is 1.66. The lowest BCUT2D eigenvalue weighted by atomic mass is 10.2. The summed E-state index contributed by atoms with van der Waals surface area (Å²) in [6, 6.07) is 3.88. The zero-order chi connectivity index (χ0) is 9.10. The van der Waals surface area contributed by atoms with Gasteiger partial charge in [-0.3, -0.25) is 4.98 Å². The molecule has 0 unspecified atom stereocenters. The van der Waals surface area contributed by atoms with E-state index in [9.17, 15) is 0 Å². The summed E-state index contributed by atoms with van der Waals surface area (Å²) >= 11 is 5.45. The zero-order valence-corrected chi connectivity index (χ0v) is 7.60. The molecule has 0 amide bonds. The molecule has 1 N–H and O–H groups in total. The first kappa shape index (κ1) is 8.15. The Bertz CT molecular complexity index is 476. The van der Waals surface area contributed by atoms with Crippen molar-refractivity contribution in [2.45, 2.75) is 0 Å². The van der Waals surface area contributed by atoms with Gasteiger partial charge < -0.3 is 4.98 Å². The number of H-pyrrole nitrogens is 1. The SMILES string of the molecule is ClCC#Cc1cnc2cc[nH]c2c1. The van der Waals surface area contributed by atoms with Crippen LogP contribution in [0.2, 0.25) is 0 Å². The van der Waals surface area contributed by atoms with Gasteiger partial charge in [0, 0.05) is 18.0 Å². The molecule has 0 aliphatic rings. The van der Waals surface area contributed by atoms with Gasteiger partial charge in [-0.05, 0) is 12.1 Å². The minimum Gasteiger partial charge on any atom is -0.360 e. The third-order valence-corrected chi connectivity index (χ3v) is 1.83. The molecule has 0 spiro atoms. The van der Waals surface area contributed by atoms with Crippen molar-refractivity contribution in [3.8, 4) is 11.8 Å². The van der Waals surface area contributed by atoms with Gasteiger partial charge in [0.05, 0.1) is 16.9 Å². The van der Waals surface area contributed by atoms with Crippen LogP contribution in [-0.2, 0) is 0 Å². The number of nitrogens with zero attached hydrogens (tertiary/aromatic N) is 1. The van der Waals surface area contributed by atoms with Crippen LogP contribution in [-0.4, -0.2) is 15.8 Å². The van der Waals surface area contributed by atoms with Gasteiger partial charge in [0.15, 0.2) is 0 Å². The Kier molecular flexibility index (Phi) is 2.20. The van der Waals surface area contributed by atoms with Gasteiger partial charge >= 0.3 is 0 Å². The van der Waals surface area contributed by atoms with Crippen LogP contribution in [0.15, 0.2) is 24.5 Å². The molecule has 0 fully saturated rings. The van der Waals surface area contributed by atoms with Gasteiger partial charge in [0.1, 0.15) is 0 Å². The first-order valence-electron chi connectivity index (χ1n) is 3.88. The predicted octanol–water partition coefficient (Wildman–Crippen LogP) is 2.15. The molecular formula is C10H7ClN2. The maximum atomic E-state index is 5.45. The third-order valence-electron chi connectivity index (χ3n) is 1.70. The molecule has 0 bridgehead atoms. The molecule has 0 aliphatic carbocycles. The van der Waals surface area contributed by atoms with Crippen LogP contribution in [0.3, 0.4) is 0 Å². The van der Waals surface area contributed by atoms with Gasteiger partial charge in [-0.2, -0.15) is 0 Å². The molecule has 0 radical (unpaired) electrons. The lowest BCUT2D eigenvalue weighted by molar-refractivity contribution is 1.39. The van der Waals surface area contributed by atoms with Gasteiger partial charge in [-0.15, -0.1) is 11.6 Å². The quantitative estimate of drug-likeness (QED) is 0.501. The largest absolute Gasteiger partial charge is 0.360 e. The fraction of sp³-hybridized carbons (Fsp3) is 0.100. The Morgan fingerprint density at radius 3 is 3.31 bits per heavy atom. The summed E-state index contributed by atoms with van der Waals surface area (Å²) in [4.78, 5) is 7.29. The maximum Gasteiger partial charge on any atom is 0.0879 e. The molecule has 0 aromatic carbocycles. The van der Waals surface area contributed by atoms with E-state index in [1.807, 2.05) is 18.3 Å². The molecule has 2 rings (SSSR count). The fourth-order valence-corrected chi connectivity index (χ4v) is 1.20. The summed E-state index contributed by atoms with van der Waals surface area (Å²) in [6.07, 6.45) is 3.60. The predicted molar refractivity (Wildman–Crippen MR) is 53.7 cm³/mol. The highest BCUT2D eigenvalue weighted by molar-refractivity contribution is 6.19. The second-order valence-electron chi connectivity index (χ2n) is 2.57. The van der Waals surface area contributed by atoms with Crippen molar-refractivity contribution in [3.63, 3.8) is 0 Å². The van der Waals surface area contributed by atoms with Gasteiger partial charge in [-0.25, -0.2) is 0 Å². The average Bonchev–Trinajstić information content (AvgIpc) is 2.61. The lowest BCUT2D eigenvalue weighted by Gasteiger charge is -1.90. The van der Waals surface area contributed by atoms with Crippen LogP contribution in [0.4, 0.5) is 0 Å². The smallest absolute Gasteiger partial charge is 0.0879 e. The number of alkyl halides is 1. The fourth-order valence-electron chi connectivity index (χ4n) is 1.14. The molecule has 0 saturated carbocycles. The molecule has 2 heterocycles. The summed E-state index contributed by atoms with van der Waals surface area (Å²) in [5.74, 6) is 6.04. The Balaban J connectivity index is 2.48. The minimum absolute atomic E-state index is 0.350. The molecule has 64 valence electrons. The average molecular weight is 191 g/mol. The topological polar surface area (TPSA) is 28.7 Å². The monoisotopic (exact) mass is 190 g/mol. The number of rotatable bonds is 0. The van der Waals surface area contributed by atoms with Gasteiger partial charge in [0.2, 0.25) is 0 Å². The second kappa shape index (κ2) is 3.51. The van der Waals surface area contributed by atoms with Gasteiger partial charge in [0.25, 0.3) is 0 Å². The van der Waals surface area contributed by atoms with Crippen molar-refractivity contribution >= 4 is 22.6 Å². The standard InChI is InChI=1S/C10H7ClN2/c11-4-1-2-8-6-10-9(13-7-8)3-5-12-10/h3,5-7,12H,4H2. The van der Waals surface area contributed by atoms with E-state index >= 15 is 0 Å². The molecule has 2 nitrogen and oxygen atoms in total. The van der Waals surface area contributed by atoms with E-state index in [1.165, 1.54) is 0 Å². The molecule has 2 aromatic rings. The number of fused-ring (bicyclic) bond motifs is 1. The Hall–Kier alpha value is -1.46. The highest BCUT2D eigenvalue weighted by Gasteiger charge is 1.94. The van der Waals surface area contributed by atoms with E-state index in [0.717, 1.165) is 16.6 Å². The number of hydrogen-bond acceptors (Lipinski definition) is 1. The summed E-state index contributed by atoms with van der Waals surface area (Å²) < 4.78 is 0. The van der Waals surface area contributed by atoms with Crippen LogP contribution in [0.5, 0.6) is 0 Å². The Labute approximate surface area is 80.9 Å². The van der Waals surface area contributed by atoms with Crippen molar-refractivity contribution in [1.82, 2.24) is 9.97 Å². The summed E-state index contributed by atoms with van der Waals surface area (Å²) in [7, 11) is 0. The molecular weight excluding hydrogens is 184 g/mol. The summed E-state index contributed by atoms with van der Waals surface area (Å²) in [6.45, 7) is 0. The lowest BCUT2D eigenvalue weighted by Crippen LogP contribution is -1.79. The molecule has 0 saturated heterocycles.